The first-order valence-electron chi connectivity index (χ1n) is 4.23. The molecule has 2 aliphatic heterocycles. The summed E-state index contributed by atoms with van der Waals surface area (Å²) in [4.78, 5) is 13.1. The van der Waals surface area contributed by atoms with Gasteiger partial charge in [0.1, 0.15) is 5.82 Å². The van der Waals surface area contributed by atoms with E-state index >= 15 is 0 Å². The zero-order valence-corrected chi connectivity index (χ0v) is 7.13. The van der Waals surface area contributed by atoms with Crippen molar-refractivity contribution in [2.75, 3.05) is 13.1 Å². The molecule has 0 spiro atoms. The van der Waals surface area contributed by atoms with Crippen LogP contribution in [0.25, 0.3) is 0 Å². The van der Waals surface area contributed by atoms with E-state index < -0.39 is 0 Å². The van der Waals surface area contributed by atoms with Crippen LogP contribution in [0.5, 0.6) is 0 Å². The molecule has 2 aliphatic rings. The monoisotopic (exact) mass is 167 g/mol. The second kappa shape index (κ2) is 2.48. The fourth-order valence-electron chi connectivity index (χ4n) is 1.75. The van der Waals surface area contributed by atoms with E-state index in [-0.39, 0.29) is 11.9 Å². The zero-order valence-electron chi connectivity index (χ0n) is 7.13. The molecule has 0 radical (unpaired) electrons. The molecule has 1 amide bonds. The van der Waals surface area contributed by atoms with Gasteiger partial charge >= 0.3 is 0 Å². The summed E-state index contributed by atoms with van der Waals surface area (Å²) in [6.45, 7) is 3.57. The van der Waals surface area contributed by atoms with Crippen LogP contribution in [0, 0.1) is 0 Å². The quantitative estimate of drug-likeness (QED) is 0.547. The topological polar surface area (TPSA) is 58.4 Å². The number of carbonyl (C=O) groups excluding carboxylic acids is 1. The largest absolute Gasteiger partial charge is 0.370 e. The summed E-state index contributed by atoms with van der Waals surface area (Å²) in [5, 5.41) is 3.19. The third kappa shape index (κ3) is 0.914. The number of hydrogen-bond acceptors (Lipinski definition) is 3. The van der Waals surface area contributed by atoms with Gasteiger partial charge in [-0.25, -0.2) is 0 Å². The lowest BCUT2D eigenvalue weighted by Gasteiger charge is -2.09. The summed E-state index contributed by atoms with van der Waals surface area (Å²) in [5.74, 6) is 1.15. The van der Waals surface area contributed by atoms with Gasteiger partial charge in [0.05, 0.1) is 6.42 Å². The van der Waals surface area contributed by atoms with Crippen molar-refractivity contribution in [2.45, 2.75) is 19.4 Å². The Kier molecular flexibility index (Phi) is 1.58. The third-order valence-electron chi connectivity index (χ3n) is 2.39. The van der Waals surface area contributed by atoms with E-state index in [1.54, 1.807) is 4.90 Å². The first-order chi connectivity index (χ1) is 5.70. The van der Waals surface area contributed by atoms with Crippen molar-refractivity contribution < 1.29 is 4.79 Å². The van der Waals surface area contributed by atoms with Crippen LogP contribution in [0.2, 0.25) is 0 Å². The number of nitrogens with one attached hydrogen (secondary N) is 1. The minimum absolute atomic E-state index is 0.0143. The van der Waals surface area contributed by atoms with Crippen molar-refractivity contribution in [1.29, 1.82) is 0 Å². The molecule has 0 aliphatic carbocycles. The molecule has 4 nitrogen and oxygen atoms in total. The Bertz CT molecular complexity index is 257. The van der Waals surface area contributed by atoms with E-state index in [4.69, 9.17) is 5.73 Å². The highest BCUT2D eigenvalue weighted by Gasteiger charge is 2.34. The molecule has 66 valence electrons. The second-order valence-corrected chi connectivity index (χ2v) is 3.31. The lowest BCUT2D eigenvalue weighted by molar-refractivity contribution is -0.126. The van der Waals surface area contributed by atoms with Crippen LogP contribution in [0.1, 0.15) is 13.3 Å². The van der Waals surface area contributed by atoms with Gasteiger partial charge in [-0.15, -0.1) is 0 Å². The predicted molar refractivity (Wildman–Crippen MR) is 45.0 cm³/mol. The van der Waals surface area contributed by atoms with Crippen LogP contribution in [-0.4, -0.2) is 29.9 Å². The van der Waals surface area contributed by atoms with Gasteiger partial charge < -0.3 is 11.1 Å². The van der Waals surface area contributed by atoms with Crippen molar-refractivity contribution in [3.05, 3.63) is 11.4 Å². The molecule has 0 aromatic rings. The first kappa shape index (κ1) is 7.61. The zero-order chi connectivity index (χ0) is 8.72. The standard InChI is InChI=1S/C8H13N3O/c1-5(9)6-4-7(12)11-3-2-10-8(6)11/h5,10H,2-4,9H2,1H3. The van der Waals surface area contributed by atoms with Gasteiger partial charge in [-0.3, -0.25) is 9.69 Å². The highest BCUT2D eigenvalue weighted by molar-refractivity contribution is 5.85. The van der Waals surface area contributed by atoms with Crippen molar-refractivity contribution in [3.8, 4) is 0 Å². The van der Waals surface area contributed by atoms with E-state index in [0.717, 1.165) is 24.5 Å². The lowest BCUT2D eigenvalue weighted by Crippen LogP contribution is -2.22. The molecule has 1 saturated heterocycles. The van der Waals surface area contributed by atoms with Crippen LogP contribution in [0.3, 0.4) is 0 Å². The Balaban J connectivity index is 2.32. The Morgan fingerprint density at radius 2 is 2.42 bits per heavy atom. The summed E-state index contributed by atoms with van der Waals surface area (Å²) in [6, 6.07) is -0.0143. The van der Waals surface area contributed by atoms with Crippen LogP contribution >= 0.6 is 0 Å². The van der Waals surface area contributed by atoms with Gasteiger partial charge in [0.25, 0.3) is 0 Å². The molecular weight excluding hydrogens is 154 g/mol. The van der Waals surface area contributed by atoms with Crippen molar-refractivity contribution in [1.82, 2.24) is 10.2 Å². The molecule has 0 aromatic heterocycles. The third-order valence-corrected chi connectivity index (χ3v) is 2.39. The van der Waals surface area contributed by atoms with Crippen LogP contribution in [0.4, 0.5) is 0 Å². The number of amides is 1. The van der Waals surface area contributed by atoms with E-state index in [1.165, 1.54) is 0 Å². The Hall–Kier alpha value is -1.03. The van der Waals surface area contributed by atoms with E-state index in [1.807, 2.05) is 6.92 Å². The number of hydrogen-bond donors (Lipinski definition) is 2. The Morgan fingerprint density at radius 1 is 1.67 bits per heavy atom. The Morgan fingerprint density at radius 3 is 3.08 bits per heavy atom. The minimum Gasteiger partial charge on any atom is -0.370 e. The maximum atomic E-state index is 11.4. The highest BCUT2D eigenvalue weighted by Crippen LogP contribution is 2.26. The van der Waals surface area contributed by atoms with Gasteiger partial charge in [-0.2, -0.15) is 0 Å². The number of fused-ring (bicyclic) bond motifs is 1. The molecule has 3 N–H and O–H groups in total. The SMILES string of the molecule is CC(N)C1=C2NCCN2C(=O)C1. The molecule has 4 heteroatoms. The maximum absolute atomic E-state index is 11.4. The van der Waals surface area contributed by atoms with E-state index in [0.29, 0.717) is 6.42 Å². The average molecular weight is 167 g/mol. The molecule has 2 heterocycles. The maximum Gasteiger partial charge on any atom is 0.232 e. The molecule has 12 heavy (non-hydrogen) atoms. The van der Waals surface area contributed by atoms with Gasteiger partial charge in [-0.05, 0) is 12.5 Å². The summed E-state index contributed by atoms with van der Waals surface area (Å²) < 4.78 is 0. The van der Waals surface area contributed by atoms with Crippen molar-refractivity contribution in [3.63, 3.8) is 0 Å². The molecule has 0 bridgehead atoms. The van der Waals surface area contributed by atoms with Crippen molar-refractivity contribution in [2.24, 2.45) is 5.73 Å². The summed E-state index contributed by atoms with van der Waals surface area (Å²) >= 11 is 0. The molecule has 2 rings (SSSR count). The average Bonchev–Trinajstić information content (AvgIpc) is 2.53. The fourth-order valence-corrected chi connectivity index (χ4v) is 1.75. The molecule has 1 atom stereocenters. The van der Waals surface area contributed by atoms with Crippen molar-refractivity contribution >= 4 is 5.91 Å². The molecular formula is C8H13N3O. The smallest absolute Gasteiger partial charge is 0.232 e. The minimum atomic E-state index is -0.0143. The highest BCUT2D eigenvalue weighted by atomic mass is 16.2. The van der Waals surface area contributed by atoms with Gasteiger partial charge in [-0.1, -0.05) is 0 Å². The number of nitrogens with zero attached hydrogens (tertiary/aromatic N) is 1. The summed E-state index contributed by atoms with van der Waals surface area (Å²) in [6.07, 6.45) is 0.500. The normalized spacial score (nSPS) is 24.5. The number of nitrogens with two attached hydrogens (primary N) is 1. The van der Waals surface area contributed by atoms with Gasteiger partial charge in [0, 0.05) is 19.1 Å². The molecule has 1 unspecified atom stereocenters. The van der Waals surface area contributed by atoms with E-state index in [9.17, 15) is 4.79 Å². The van der Waals surface area contributed by atoms with Gasteiger partial charge in [0.2, 0.25) is 5.91 Å². The van der Waals surface area contributed by atoms with Crippen LogP contribution < -0.4 is 11.1 Å². The Labute approximate surface area is 71.4 Å². The van der Waals surface area contributed by atoms with Crippen LogP contribution in [0.15, 0.2) is 11.4 Å². The van der Waals surface area contributed by atoms with E-state index in [2.05, 4.69) is 5.32 Å². The fraction of sp³-hybridized carbons (Fsp3) is 0.625. The molecule has 0 aromatic carbocycles. The van der Waals surface area contributed by atoms with Crippen LogP contribution in [-0.2, 0) is 4.79 Å². The van der Waals surface area contributed by atoms with Gasteiger partial charge in [0.15, 0.2) is 0 Å². The number of rotatable bonds is 1. The second-order valence-electron chi connectivity index (χ2n) is 3.31. The summed E-state index contributed by atoms with van der Waals surface area (Å²) in [5.41, 5.74) is 6.79. The predicted octanol–water partition coefficient (Wildman–Crippen LogP) is -0.619. The summed E-state index contributed by atoms with van der Waals surface area (Å²) in [7, 11) is 0. The number of carbonyl (C=O) groups is 1. The first-order valence-corrected chi connectivity index (χ1v) is 4.23. The molecule has 1 fully saturated rings. The lowest BCUT2D eigenvalue weighted by atomic mass is 10.1. The molecule has 0 saturated carbocycles.